The highest BCUT2D eigenvalue weighted by Crippen LogP contribution is 2.45. The molecule has 21 heavy (non-hydrogen) atoms. The number of fused-ring (bicyclic) bond motifs is 1. The van der Waals surface area contributed by atoms with E-state index in [1.54, 1.807) is 0 Å². The number of hydrogen-bond donors (Lipinski definition) is 4. The molecule has 0 aliphatic carbocycles. The minimum Gasteiger partial charge on any atom is -0.394 e. The first-order chi connectivity index (χ1) is 9.84. The van der Waals surface area contributed by atoms with Gasteiger partial charge in [0.05, 0.1) is 6.61 Å². The third kappa shape index (κ3) is 2.23. The fourth-order valence-electron chi connectivity index (χ4n) is 2.15. The lowest BCUT2D eigenvalue weighted by Gasteiger charge is -2.17. The predicted molar refractivity (Wildman–Crippen MR) is 74.5 cm³/mol. The Morgan fingerprint density at radius 2 is 2.10 bits per heavy atom. The van der Waals surface area contributed by atoms with E-state index in [2.05, 4.69) is 19.9 Å². The van der Waals surface area contributed by atoms with Gasteiger partial charge in [-0.15, -0.1) is 0 Å². The van der Waals surface area contributed by atoms with E-state index in [-0.39, 0.29) is 17.4 Å². The number of rotatable bonds is 2. The summed E-state index contributed by atoms with van der Waals surface area (Å²) in [5.41, 5.74) is 5.95. The van der Waals surface area contributed by atoms with Crippen molar-refractivity contribution in [3.63, 3.8) is 0 Å². The number of nitrogens with zero attached hydrogens (tertiary/aromatic N) is 3. The number of nitrogens with two attached hydrogens (primary N) is 1. The van der Waals surface area contributed by atoms with E-state index in [9.17, 15) is 13.9 Å². The Labute approximate surface area is 129 Å². The molecule has 3 rings (SSSR count). The van der Waals surface area contributed by atoms with Crippen LogP contribution in [0, 0.1) is 3.70 Å². The normalized spacial score (nSPS) is 28.3. The topological polar surface area (TPSA) is 130 Å². The molecule has 2 aromatic heterocycles. The molecule has 0 bridgehead atoms. The third-order valence-electron chi connectivity index (χ3n) is 3.18. The molecular formula is C10H10F2IN5O3. The summed E-state index contributed by atoms with van der Waals surface area (Å²) in [4.78, 5) is 14.3. The SMILES string of the molecule is Nc1nc(I)c2[nH]c([C@@H]3O[C@H](CO)[C@@H](O)C3(F)F)nc2n1. The Hall–Kier alpha value is -1.18. The molecule has 2 aromatic rings. The maximum absolute atomic E-state index is 14.0. The zero-order valence-electron chi connectivity index (χ0n) is 10.3. The molecule has 0 unspecified atom stereocenters. The van der Waals surface area contributed by atoms with Crippen LogP contribution >= 0.6 is 22.6 Å². The van der Waals surface area contributed by atoms with Crippen LogP contribution in [-0.2, 0) is 4.74 Å². The number of aromatic nitrogens is 4. The highest BCUT2D eigenvalue weighted by atomic mass is 127. The minimum absolute atomic E-state index is 0.0303. The Kier molecular flexibility index (Phi) is 3.46. The lowest BCUT2D eigenvalue weighted by atomic mass is 10.1. The van der Waals surface area contributed by atoms with Crippen molar-refractivity contribution < 1.29 is 23.7 Å². The second-order valence-electron chi connectivity index (χ2n) is 4.55. The molecule has 0 radical (unpaired) electrons. The number of aliphatic hydroxyl groups excluding tert-OH is 2. The maximum atomic E-state index is 14.0. The first-order valence-electron chi connectivity index (χ1n) is 5.85. The number of anilines is 1. The van der Waals surface area contributed by atoms with E-state index in [0.29, 0.717) is 9.22 Å². The number of alkyl halides is 2. The van der Waals surface area contributed by atoms with Crippen LogP contribution in [0.3, 0.4) is 0 Å². The van der Waals surface area contributed by atoms with Gasteiger partial charge < -0.3 is 25.7 Å². The zero-order valence-corrected chi connectivity index (χ0v) is 12.5. The number of imidazole rings is 1. The van der Waals surface area contributed by atoms with Gasteiger partial charge in [-0.2, -0.15) is 4.98 Å². The number of nitrogen functional groups attached to an aromatic ring is 1. The lowest BCUT2D eigenvalue weighted by Crippen LogP contribution is -2.38. The Morgan fingerprint density at radius 3 is 2.71 bits per heavy atom. The number of aliphatic hydroxyl groups is 2. The molecule has 0 amide bonds. The quantitative estimate of drug-likeness (QED) is 0.402. The van der Waals surface area contributed by atoms with Gasteiger partial charge in [0.1, 0.15) is 27.2 Å². The minimum atomic E-state index is -3.59. The number of H-pyrrole nitrogens is 1. The molecule has 5 N–H and O–H groups in total. The summed E-state index contributed by atoms with van der Waals surface area (Å²) >= 11 is 1.86. The van der Waals surface area contributed by atoms with Crippen molar-refractivity contribution >= 4 is 39.7 Å². The van der Waals surface area contributed by atoms with Gasteiger partial charge in [-0.3, -0.25) is 0 Å². The highest BCUT2D eigenvalue weighted by Gasteiger charge is 2.59. The Balaban J connectivity index is 2.06. The summed E-state index contributed by atoms with van der Waals surface area (Å²) in [5, 5.41) is 18.5. The van der Waals surface area contributed by atoms with E-state index in [1.807, 2.05) is 22.6 Å². The van der Waals surface area contributed by atoms with E-state index < -0.39 is 30.8 Å². The van der Waals surface area contributed by atoms with Gasteiger partial charge in [-0.25, -0.2) is 18.7 Å². The van der Waals surface area contributed by atoms with Crippen molar-refractivity contribution in [2.24, 2.45) is 0 Å². The van der Waals surface area contributed by atoms with Crippen LogP contribution in [0.2, 0.25) is 0 Å². The van der Waals surface area contributed by atoms with Crippen LogP contribution in [-0.4, -0.2) is 54.9 Å². The van der Waals surface area contributed by atoms with Gasteiger partial charge in [0.15, 0.2) is 11.8 Å². The van der Waals surface area contributed by atoms with Crippen molar-refractivity contribution in [2.75, 3.05) is 12.3 Å². The van der Waals surface area contributed by atoms with Crippen LogP contribution in [0.4, 0.5) is 14.7 Å². The molecule has 3 heterocycles. The zero-order chi connectivity index (χ0) is 15.4. The largest absolute Gasteiger partial charge is 0.394 e. The molecular weight excluding hydrogens is 403 g/mol. The standard InChI is InChI=1S/C10H10F2IN5O3/c11-10(12)4(20)2(1-19)21-5(10)8-15-3-6(13)16-9(14)18-7(3)17-8/h2,4-5,19-20H,1H2,(H3,14,15,16,17,18)/t2-,4-,5+/m1/s1. The van der Waals surface area contributed by atoms with Crippen molar-refractivity contribution in [2.45, 2.75) is 24.2 Å². The van der Waals surface area contributed by atoms with Gasteiger partial charge >= 0.3 is 5.92 Å². The van der Waals surface area contributed by atoms with E-state index in [4.69, 9.17) is 15.6 Å². The molecule has 3 atom stereocenters. The second kappa shape index (κ2) is 4.93. The molecule has 11 heteroatoms. The Bertz CT molecular complexity index is 697. The monoisotopic (exact) mass is 413 g/mol. The first-order valence-corrected chi connectivity index (χ1v) is 6.93. The van der Waals surface area contributed by atoms with Crippen LogP contribution in [0.5, 0.6) is 0 Å². The molecule has 1 fully saturated rings. The van der Waals surface area contributed by atoms with Crippen molar-refractivity contribution in [3.8, 4) is 0 Å². The number of halogens is 3. The fourth-order valence-corrected chi connectivity index (χ4v) is 2.78. The number of ether oxygens (including phenoxy) is 1. The number of aromatic amines is 1. The van der Waals surface area contributed by atoms with Gasteiger partial charge in [-0.1, -0.05) is 0 Å². The average molecular weight is 413 g/mol. The van der Waals surface area contributed by atoms with Crippen LogP contribution in [0.25, 0.3) is 11.2 Å². The van der Waals surface area contributed by atoms with Gasteiger partial charge in [0, 0.05) is 0 Å². The molecule has 114 valence electrons. The van der Waals surface area contributed by atoms with E-state index in [1.165, 1.54) is 0 Å². The summed E-state index contributed by atoms with van der Waals surface area (Å²) in [7, 11) is 0. The first kappa shape index (κ1) is 14.7. The summed E-state index contributed by atoms with van der Waals surface area (Å²) in [6.45, 7) is -0.724. The number of hydrogen-bond acceptors (Lipinski definition) is 7. The van der Waals surface area contributed by atoms with Gasteiger partial charge in [0.2, 0.25) is 5.95 Å². The molecule has 1 aliphatic rings. The molecule has 0 aromatic carbocycles. The van der Waals surface area contributed by atoms with Crippen LogP contribution in [0.15, 0.2) is 0 Å². The van der Waals surface area contributed by atoms with Gasteiger partial charge in [0.25, 0.3) is 0 Å². The van der Waals surface area contributed by atoms with Crippen molar-refractivity contribution in [3.05, 3.63) is 9.53 Å². The lowest BCUT2D eigenvalue weighted by molar-refractivity contribution is -0.115. The van der Waals surface area contributed by atoms with Gasteiger partial charge in [-0.05, 0) is 22.6 Å². The average Bonchev–Trinajstić information content (AvgIpc) is 2.91. The van der Waals surface area contributed by atoms with E-state index >= 15 is 0 Å². The smallest absolute Gasteiger partial charge is 0.308 e. The second-order valence-corrected chi connectivity index (χ2v) is 5.57. The summed E-state index contributed by atoms with van der Waals surface area (Å²) in [5.74, 6) is -3.83. The summed E-state index contributed by atoms with van der Waals surface area (Å²) in [6.07, 6.45) is -5.31. The summed E-state index contributed by atoms with van der Waals surface area (Å²) in [6, 6.07) is 0. The molecule has 0 spiro atoms. The maximum Gasteiger partial charge on any atom is 0.308 e. The summed E-state index contributed by atoms with van der Waals surface area (Å²) < 4.78 is 33.5. The molecule has 1 aliphatic heterocycles. The molecule has 8 nitrogen and oxygen atoms in total. The molecule has 0 saturated carbocycles. The van der Waals surface area contributed by atoms with Crippen LogP contribution < -0.4 is 5.73 Å². The Morgan fingerprint density at radius 1 is 1.38 bits per heavy atom. The number of nitrogens with one attached hydrogen (secondary N) is 1. The predicted octanol–water partition coefficient (Wildman–Crippen LogP) is -0.0319. The highest BCUT2D eigenvalue weighted by molar-refractivity contribution is 14.1. The van der Waals surface area contributed by atoms with Crippen LogP contribution in [0.1, 0.15) is 11.9 Å². The molecule has 1 saturated heterocycles. The fraction of sp³-hybridized carbons (Fsp3) is 0.500. The van der Waals surface area contributed by atoms with Crippen molar-refractivity contribution in [1.29, 1.82) is 0 Å². The third-order valence-corrected chi connectivity index (χ3v) is 3.96. The van der Waals surface area contributed by atoms with Crippen molar-refractivity contribution in [1.82, 2.24) is 19.9 Å². The van der Waals surface area contributed by atoms with E-state index in [0.717, 1.165) is 0 Å².